The zero-order valence-electron chi connectivity index (χ0n) is 17.7. The molecule has 1 aromatic heterocycles. The van der Waals surface area contributed by atoms with Crippen molar-refractivity contribution in [2.75, 3.05) is 17.1 Å². The SMILES string of the molecule is Cc1cc(/C=N\NC(=O)CN(c2ccccc2)S(C)(=O)=O)c(C)n1-c1ccc(Cl)c(Cl)c1. The van der Waals surface area contributed by atoms with Crippen molar-refractivity contribution in [2.24, 2.45) is 5.10 Å². The van der Waals surface area contributed by atoms with Crippen molar-refractivity contribution in [1.82, 2.24) is 9.99 Å². The lowest BCUT2D eigenvalue weighted by Gasteiger charge is -2.21. The molecule has 0 saturated heterocycles. The topological polar surface area (TPSA) is 83.8 Å². The molecule has 0 unspecified atom stereocenters. The van der Waals surface area contributed by atoms with Crippen molar-refractivity contribution < 1.29 is 13.2 Å². The average Bonchev–Trinajstić information content (AvgIpc) is 3.01. The van der Waals surface area contributed by atoms with E-state index in [0.717, 1.165) is 33.2 Å². The number of nitrogens with one attached hydrogen (secondary N) is 1. The normalized spacial score (nSPS) is 11.7. The number of amides is 1. The molecule has 0 fully saturated rings. The summed E-state index contributed by atoms with van der Waals surface area (Å²) in [5.74, 6) is -0.561. The summed E-state index contributed by atoms with van der Waals surface area (Å²) < 4.78 is 27.2. The summed E-state index contributed by atoms with van der Waals surface area (Å²) in [7, 11) is -3.64. The number of sulfonamides is 1. The predicted molar refractivity (Wildman–Crippen MR) is 130 cm³/mol. The molecule has 1 heterocycles. The third kappa shape index (κ3) is 5.51. The van der Waals surface area contributed by atoms with Crippen molar-refractivity contribution in [1.29, 1.82) is 0 Å². The lowest BCUT2D eigenvalue weighted by molar-refractivity contribution is -0.119. The van der Waals surface area contributed by atoms with Gasteiger partial charge in [0.1, 0.15) is 6.54 Å². The Morgan fingerprint density at radius 1 is 1.09 bits per heavy atom. The van der Waals surface area contributed by atoms with E-state index in [2.05, 4.69) is 10.5 Å². The Balaban J connectivity index is 1.74. The molecule has 1 N–H and O–H groups in total. The molecule has 168 valence electrons. The molecule has 0 aliphatic rings. The van der Waals surface area contributed by atoms with Crippen LogP contribution in [0.3, 0.4) is 0 Å². The molecule has 0 aliphatic heterocycles. The summed E-state index contributed by atoms with van der Waals surface area (Å²) in [5.41, 5.74) is 6.27. The van der Waals surface area contributed by atoms with E-state index in [-0.39, 0.29) is 6.54 Å². The number of aryl methyl sites for hydroxylation is 1. The molecule has 3 aromatic rings. The minimum absolute atomic E-state index is 0.386. The monoisotopic (exact) mass is 492 g/mol. The number of hydrazone groups is 1. The largest absolute Gasteiger partial charge is 0.318 e. The maximum Gasteiger partial charge on any atom is 0.260 e. The van der Waals surface area contributed by atoms with Gasteiger partial charge in [0, 0.05) is 22.6 Å². The number of nitrogens with zero attached hydrogens (tertiary/aromatic N) is 3. The van der Waals surface area contributed by atoms with Crippen LogP contribution in [-0.4, -0.2) is 37.9 Å². The van der Waals surface area contributed by atoms with Gasteiger partial charge in [0.2, 0.25) is 10.0 Å². The van der Waals surface area contributed by atoms with Crippen LogP contribution < -0.4 is 9.73 Å². The predicted octanol–water partition coefficient (Wildman–Crippen LogP) is 4.32. The van der Waals surface area contributed by atoms with Crippen molar-refractivity contribution >= 4 is 51.0 Å². The van der Waals surface area contributed by atoms with Crippen molar-refractivity contribution in [2.45, 2.75) is 13.8 Å². The first-order valence-electron chi connectivity index (χ1n) is 9.57. The second-order valence-electron chi connectivity index (χ2n) is 7.16. The van der Waals surface area contributed by atoms with E-state index >= 15 is 0 Å². The van der Waals surface area contributed by atoms with Crippen LogP contribution in [0.25, 0.3) is 5.69 Å². The van der Waals surface area contributed by atoms with Gasteiger partial charge in [0.25, 0.3) is 5.91 Å². The lowest BCUT2D eigenvalue weighted by atomic mass is 10.2. The van der Waals surface area contributed by atoms with Gasteiger partial charge >= 0.3 is 0 Å². The van der Waals surface area contributed by atoms with Crippen LogP contribution in [0.5, 0.6) is 0 Å². The van der Waals surface area contributed by atoms with Gasteiger partial charge in [0.15, 0.2) is 0 Å². The summed E-state index contributed by atoms with van der Waals surface area (Å²) >= 11 is 12.2. The molecule has 0 saturated carbocycles. The minimum Gasteiger partial charge on any atom is -0.318 e. The quantitative estimate of drug-likeness (QED) is 0.393. The van der Waals surface area contributed by atoms with E-state index in [4.69, 9.17) is 23.2 Å². The number of hydrogen-bond donors (Lipinski definition) is 1. The second kappa shape index (κ2) is 9.77. The van der Waals surface area contributed by atoms with Gasteiger partial charge in [-0.05, 0) is 50.2 Å². The van der Waals surface area contributed by atoms with Crippen LogP contribution in [-0.2, 0) is 14.8 Å². The fourth-order valence-electron chi connectivity index (χ4n) is 3.27. The molecule has 0 spiro atoms. The highest BCUT2D eigenvalue weighted by Gasteiger charge is 2.20. The van der Waals surface area contributed by atoms with E-state index in [1.165, 1.54) is 6.21 Å². The fourth-order valence-corrected chi connectivity index (χ4v) is 4.42. The first-order valence-corrected chi connectivity index (χ1v) is 12.2. The molecule has 0 atom stereocenters. The maximum absolute atomic E-state index is 12.3. The third-order valence-electron chi connectivity index (χ3n) is 4.76. The zero-order chi connectivity index (χ0) is 23.5. The van der Waals surface area contributed by atoms with Crippen molar-refractivity contribution in [3.63, 3.8) is 0 Å². The summed E-state index contributed by atoms with van der Waals surface area (Å²) in [5, 5.41) is 4.93. The van der Waals surface area contributed by atoms with Gasteiger partial charge in [-0.3, -0.25) is 9.10 Å². The molecular formula is C22H22Cl2N4O3S. The van der Waals surface area contributed by atoms with Gasteiger partial charge in [-0.25, -0.2) is 13.8 Å². The lowest BCUT2D eigenvalue weighted by Crippen LogP contribution is -2.38. The second-order valence-corrected chi connectivity index (χ2v) is 9.88. The molecule has 10 heteroatoms. The van der Waals surface area contributed by atoms with E-state index in [1.54, 1.807) is 42.5 Å². The standard InChI is InChI=1S/C22H22Cl2N4O3S/c1-15-11-17(16(2)28(15)19-9-10-20(23)21(24)12-19)13-25-26-22(29)14-27(32(3,30)31)18-7-5-4-6-8-18/h4-13H,14H2,1-3H3,(H,26,29)/b25-13-. The Labute approximate surface area is 197 Å². The molecule has 32 heavy (non-hydrogen) atoms. The number of para-hydroxylation sites is 1. The van der Waals surface area contributed by atoms with Crippen molar-refractivity contribution in [3.05, 3.63) is 81.6 Å². The Morgan fingerprint density at radius 3 is 2.41 bits per heavy atom. The van der Waals surface area contributed by atoms with Crippen LogP contribution in [0.4, 0.5) is 5.69 Å². The zero-order valence-corrected chi connectivity index (χ0v) is 20.0. The summed E-state index contributed by atoms with van der Waals surface area (Å²) in [6.45, 7) is 3.47. The smallest absolute Gasteiger partial charge is 0.260 e. The van der Waals surface area contributed by atoms with Crippen LogP contribution in [0, 0.1) is 13.8 Å². The van der Waals surface area contributed by atoms with E-state index in [1.807, 2.05) is 30.5 Å². The van der Waals surface area contributed by atoms with E-state index < -0.39 is 15.9 Å². The molecule has 2 aromatic carbocycles. The van der Waals surface area contributed by atoms with Crippen molar-refractivity contribution in [3.8, 4) is 5.69 Å². The van der Waals surface area contributed by atoms with Gasteiger partial charge < -0.3 is 4.57 Å². The van der Waals surface area contributed by atoms with Gasteiger partial charge in [-0.15, -0.1) is 0 Å². The molecule has 0 aliphatic carbocycles. The van der Waals surface area contributed by atoms with Gasteiger partial charge in [-0.2, -0.15) is 5.10 Å². The van der Waals surface area contributed by atoms with Crippen LogP contribution in [0.2, 0.25) is 10.0 Å². The molecular weight excluding hydrogens is 471 g/mol. The highest BCUT2D eigenvalue weighted by atomic mass is 35.5. The Hall–Kier alpha value is -2.81. The number of hydrogen-bond acceptors (Lipinski definition) is 4. The Morgan fingerprint density at radius 2 is 1.78 bits per heavy atom. The van der Waals surface area contributed by atoms with E-state index in [9.17, 15) is 13.2 Å². The highest BCUT2D eigenvalue weighted by molar-refractivity contribution is 7.92. The number of halogens is 2. The summed E-state index contributed by atoms with van der Waals surface area (Å²) in [6.07, 6.45) is 2.57. The third-order valence-corrected chi connectivity index (χ3v) is 6.64. The number of carbonyl (C=O) groups is 1. The van der Waals surface area contributed by atoms with Crippen LogP contribution >= 0.6 is 23.2 Å². The first-order chi connectivity index (χ1) is 15.1. The number of carbonyl (C=O) groups excluding carboxylic acids is 1. The molecule has 3 rings (SSSR count). The number of anilines is 1. The first kappa shape index (κ1) is 23.8. The fraction of sp³-hybridized carbons (Fsp3) is 0.182. The average molecular weight is 493 g/mol. The number of aromatic nitrogens is 1. The maximum atomic E-state index is 12.3. The summed E-state index contributed by atoms with van der Waals surface area (Å²) in [4.78, 5) is 12.3. The molecule has 0 radical (unpaired) electrons. The molecule has 0 bridgehead atoms. The Kier molecular flexibility index (Phi) is 7.28. The minimum atomic E-state index is -3.64. The Bertz CT molecular complexity index is 1270. The van der Waals surface area contributed by atoms with E-state index in [0.29, 0.717) is 15.7 Å². The molecule has 7 nitrogen and oxygen atoms in total. The van der Waals surface area contributed by atoms with Gasteiger partial charge in [-0.1, -0.05) is 41.4 Å². The molecule has 1 amide bonds. The number of rotatable bonds is 7. The summed E-state index contributed by atoms with van der Waals surface area (Å²) in [6, 6.07) is 15.7. The highest BCUT2D eigenvalue weighted by Crippen LogP contribution is 2.27. The van der Waals surface area contributed by atoms with Crippen LogP contribution in [0.1, 0.15) is 17.0 Å². The van der Waals surface area contributed by atoms with Gasteiger partial charge in [0.05, 0.1) is 28.2 Å². The van der Waals surface area contributed by atoms with Crippen LogP contribution in [0.15, 0.2) is 59.7 Å². The number of benzene rings is 2.